The Bertz CT molecular complexity index is 333. The lowest BCUT2D eigenvalue weighted by Crippen LogP contribution is -2.31. The predicted molar refractivity (Wildman–Crippen MR) is 64.2 cm³/mol. The summed E-state index contributed by atoms with van der Waals surface area (Å²) in [4.78, 5) is 15.9. The minimum absolute atomic E-state index is 0.0669. The molecule has 1 aromatic rings. The molecule has 1 aromatic heterocycles. The van der Waals surface area contributed by atoms with E-state index in [-0.39, 0.29) is 11.9 Å². The van der Waals surface area contributed by atoms with Gasteiger partial charge in [-0.25, -0.2) is 4.98 Å². The largest absolute Gasteiger partial charge is 0.354 e. The maximum absolute atomic E-state index is 11.8. The molecule has 90 valence electrons. The number of amides is 1. The Morgan fingerprint density at radius 2 is 2.31 bits per heavy atom. The average Bonchev–Trinajstić information content (AvgIpc) is 2.69. The molecule has 0 aliphatic carbocycles. The fourth-order valence-corrected chi connectivity index (χ4v) is 1.66. The monoisotopic (exact) mass is 223 g/mol. The summed E-state index contributed by atoms with van der Waals surface area (Å²) in [5.41, 5.74) is 0. The second kappa shape index (κ2) is 6.30. The Hall–Kier alpha value is -1.32. The summed E-state index contributed by atoms with van der Waals surface area (Å²) in [5.74, 6) is 0.938. The summed E-state index contributed by atoms with van der Waals surface area (Å²) in [5, 5.41) is 2.95. The van der Waals surface area contributed by atoms with Gasteiger partial charge in [-0.3, -0.25) is 4.79 Å². The average molecular weight is 223 g/mol. The van der Waals surface area contributed by atoms with Crippen LogP contribution < -0.4 is 5.32 Å². The number of nitrogens with one attached hydrogen (secondary N) is 1. The van der Waals surface area contributed by atoms with Gasteiger partial charge in [-0.15, -0.1) is 0 Å². The molecule has 1 unspecified atom stereocenters. The van der Waals surface area contributed by atoms with Crippen LogP contribution in [0.4, 0.5) is 0 Å². The highest BCUT2D eigenvalue weighted by atomic mass is 16.2. The third-order valence-electron chi connectivity index (χ3n) is 2.74. The van der Waals surface area contributed by atoms with E-state index >= 15 is 0 Å². The van der Waals surface area contributed by atoms with Crippen LogP contribution in [0.15, 0.2) is 12.4 Å². The Kier molecular flexibility index (Phi) is 5.02. The SMILES string of the molecule is CCCCCNC(=O)C(C)n1ccnc1C. The molecular weight excluding hydrogens is 202 g/mol. The quantitative estimate of drug-likeness (QED) is 0.750. The molecule has 1 rings (SSSR count). The highest BCUT2D eigenvalue weighted by molar-refractivity contribution is 5.79. The van der Waals surface area contributed by atoms with Gasteiger partial charge in [-0.05, 0) is 20.3 Å². The van der Waals surface area contributed by atoms with Crippen LogP contribution in [0.1, 0.15) is 45.0 Å². The van der Waals surface area contributed by atoms with Crippen molar-refractivity contribution in [3.05, 3.63) is 18.2 Å². The van der Waals surface area contributed by atoms with E-state index in [4.69, 9.17) is 0 Å². The summed E-state index contributed by atoms with van der Waals surface area (Å²) in [6.07, 6.45) is 6.95. The third kappa shape index (κ3) is 3.36. The molecule has 4 nitrogen and oxygen atoms in total. The summed E-state index contributed by atoms with van der Waals surface area (Å²) < 4.78 is 1.88. The predicted octanol–water partition coefficient (Wildman–Crippen LogP) is 2.06. The van der Waals surface area contributed by atoms with Crippen molar-refractivity contribution in [3.63, 3.8) is 0 Å². The van der Waals surface area contributed by atoms with Crippen LogP contribution in [-0.2, 0) is 4.79 Å². The van der Waals surface area contributed by atoms with Gasteiger partial charge in [0.1, 0.15) is 11.9 Å². The van der Waals surface area contributed by atoms with Crippen molar-refractivity contribution >= 4 is 5.91 Å². The number of imidazole rings is 1. The van der Waals surface area contributed by atoms with E-state index in [1.165, 1.54) is 12.8 Å². The Labute approximate surface area is 97.1 Å². The molecule has 0 fully saturated rings. The Morgan fingerprint density at radius 1 is 1.56 bits per heavy atom. The number of carbonyl (C=O) groups excluding carboxylic acids is 1. The molecule has 0 aromatic carbocycles. The fraction of sp³-hybridized carbons (Fsp3) is 0.667. The number of rotatable bonds is 6. The van der Waals surface area contributed by atoms with Crippen LogP contribution in [0.25, 0.3) is 0 Å². The van der Waals surface area contributed by atoms with Gasteiger partial charge < -0.3 is 9.88 Å². The number of hydrogen-bond donors (Lipinski definition) is 1. The van der Waals surface area contributed by atoms with E-state index < -0.39 is 0 Å². The molecule has 0 radical (unpaired) electrons. The second-order valence-electron chi connectivity index (χ2n) is 4.06. The maximum atomic E-state index is 11.8. The van der Waals surface area contributed by atoms with Crippen LogP contribution >= 0.6 is 0 Å². The molecule has 0 saturated carbocycles. The molecule has 4 heteroatoms. The molecule has 0 aliphatic heterocycles. The van der Waals surface area contributed by atoms with Gasteiger partial charge in [0.05, 0.1) is 0 Å². The van der Waals surface area contributed by atoms with E-state index in [1.807, 2.05) is 24.6 Å². The lowest BCUT2D eigenvalue weighted by Gasteiger charge is -2.14. The van der Waals surface area contributed by atoms with Gasteiger partial charge in [0.2, 0.25) is 5.91 Å². The van der Waals surface area contributed by atoms with Gasteiger partial charge in [-0.2, -0.15) is 0 Å². The Morgan fingerprint density at radius 3 is 2.88 bits per heavy atom. The van der Waals surface area contributed by atoms with Crippen LogP contribution in [0, 0.1) is 6.92 Å². The minimum atomic E-state index is -0.177. The molecule has 16 heavy (non-hydrogen) atoms. The number of aromatic nitrogens is 2. The van der Waals surface area contributed by atoms with Crippen molar-refractivity contribution in [1.29, 1.82) is 0 Å². The first-order valence-electron chi connectivity index (χ1n) is 5.94. The molecule has 1 amide bonds. The molecule has 0 bridgehead atoms. The van der Waals surface area contributed by atoms with E-state index in [1.54, 1.807) is 6.20 Å². The first-order valence-corrected chi connectivity index (χ1v) is 5.94. The van der Waals surface area contributed by atoms with Crippen LogP contribution in [-0.4, -0.2) is 22.0 Å². The van der Waals surface area contributed by atoms with Crippen LogP contribution in [0.2, 0.25) is 0 Å². The van der Waals surface area contributed by atoms with Crippen LogP contribution in [0.5, 0.6) is 0 Å². The van der Waals surface area contributed by atoms with E-state index in [9.17, 15) is 4.79 Å². The minimum Gasteiger partial charge on any atom is -0.354 e. The van der Waals surface area contributed by atoms with Crippen molar-refractivity contribution in [2.75, 3.05) is 6.54 Å². The highest BCUT2D eigenvalue weighted by Crippen LogP contribution is 2.08. The zero-order valence-corrected chi connectivity index (χ0v) is 10.4. The standard InChI is InChI=1S/C12H21N3O/c1-4-5-6-7-14-12(16)10(2)15-9-8-13-11(15)3/h8-10H,4-7H2,1-3H3,(H,14,16). The topological polar surface area (TPSA) is 46.9 Å². The normalized spacial score (nSPS) is 12.4. The van der Waals surface area contributed by atoms with Gasteiger partial charge in [-0.1, -0.05) is 19.8 Å². The first-order chi connectivity index (χ1) is 7.66. The Balaban J connectivity index is 2.40. The van der Waals surface area contributed by atoms with Crippen molar-refractivity contribution in [2.45, 2.75) is 46.1 Å². The number of carbonyl (C=O) groups is 1. The van der Waals surface area contributed by atoms with Gasteiger partial charge >= 0.3 is 0 Å². The van der Waals surface area contributed by atoms with Crippen molar-refractivity contribution in [2.24, 2.45) is 0 Å². The summed E-state index contributed by atoms with van der Waals surface area (Å²) in [6.45, 7) is 6.72. The van der Waals surface area contributed by atoms with E-state index in [2.05, 4.69) is 17.2 Å². The first kappa shape index (κ1) is 12.7. The summed E-state index contributed by atoms with van der Waals surface area (Å²) in [7, 11) is 0. The third-order valence-corrected chi connectivity index (χ3v) is 2.74. The lowest BCUT2D eigenvalue weighted by molar-refractivity contribution is -0.123. The number of nitrogens with zero attached hydrogens (tertiary/aromatic N) is 2. The number of unbranched alkanes of at least 4 members (excludes halogenated alkanes) is 2. The number of hydrogen-bond acceptors (Lipinski definition) is 2. The lowest BCUT2D eigenvalue weighted by atomic mass is 10.2. The maximum Gasteiger partial charge on any atom is 0.242 e. The number of aryl methyl sites for hydroxylation is 1. The molecule has 1 atom stereocenters. The zero-order valence-electron chi connectivity index (χ0n) is 10.4. The van der Waals surface area contributed by atoms with Gasteiger partial charge in [0.15, 0.2) is 0 Å². The highest BCUT2D eigenvalue weighted by Gasteiger charge is 2.14. The summed E-state index contributed by atoms with van der Waals surface area (Å²) in [6, 6.07) is -0.177. The van der Waals surface area contributed by atoms with Crippen LogP contribution in [0.3, 0.4) is 0 Å². The van der Waals surface area contributed by atoms with Crippen molar-refractivity contribution in [1.82, 2.24) is 14.9 Å². The fourth-order valence-electron chi connectivity index (χ4n) is 1.66. The van der Waals surface area contributed by atoms with Gasteiger partial charge in [0.25, 0.3) is 0 Å². The molecule has 0 aliphatic rings. The van der Waals surface area contributed by atoms with Crippen molar-refractivity contribution in [3.8, 4) is 0 Å². The van der Waals surface area contributed by atoms with E-state index in [0.29, 0.717) is 0 Å². The van der Waals surface area contributed by atoms with E-state index in [0.717, 1.165) is 18.8 Å². The summed E-state index contributed by atoms with van der Waals surface area (Å²) >= 11 is 0. The smallest absolute Gasteiger partial charge is 0.242 e. The van der Waals surface area contributed by atoms with Gasteiger partial charge in [0, 0.05) is 18.9 Å². The second-order valence-corrected chi connectivity index (χ2v) is 4.06. The molecule has 0 saturated heterocycles. The molecule has 1 N–H and O–H groups in total. The molecular formula is C12H21N3O. The molecule has 0 spiro atoms. The van der Waals surface area contributed by atoms with Crippen molar-refractivity contribution < 1.29 is 4.79 Å². The molecule has 1 heterocycles. The zero-order chi connectivity index (χ0) is 12.0.